The first-order valence-corrected chi connectivity index (χ1v) is 7.73. The second kappa shape index (κ2) is 5.47. The summed E-state index contributed by atoms with van der Waals surface area (Å²) >= 11 is 0. The Labute approximate surface area is 136 Å². The number of rotatable bonds is 3. The third-order valence-electron chi connectivity index (χ3n) is 4.54. The molecule has 0 N–H and O–H groups in total. The summed E-state index contributed by atoms with van der Waals surface area (Å²) < 4.78 is 10.9. The summed E-state index contributed by atoms with van der Waals surface area (Å²) in [7, 11) is 3.38. The minimum atomic E-state index is 0.214. The summed E-state index contributed by atoms with van der Waals surface area (Å²) in [5, 5.41) is 0. The second-order valence-corrected chi connectivity index (χ2v) is 5.75. The number of fused-ring (bicyclic) bond motifs is 3. The van der Waals surface area contributed by atoms with Crippen LogP contribution in [0.4, 0.5) is 0 Å². The fraction of sp³-hybridized carbons (Fsp3) is 0.143. The molecule has 0 heterocycles. The maximum absolute atomic E-state index is 5.45. The number of hydrogen-bond acceptors (Lipinski definition) is 2. The van der Waals surface area contributed by atoms with Gasteiger partial charge in [-0.2, -0.15) is 0 Å². The van der Waals surface area contributed by atoms with Gasteiger partial charge in [-0.1, -0.05) is 48.5 Å². The van der Waals surface area contributed by atoms with Crippen LogP contribution in [-0.4, -0.2) is 14.2 Å². The molecule has 4 rings (SSSR count). The topological polar surface area (TPSA) is 18.5 Å². The fourth-order valence-electron chi connectivity index (χ4n) is 3.51. The van der Waals surface area contributed by atoms with Gasteiger partial charge in [0.25, 0.3) is 0 Å². The molecule has 3 aromatic carbocycles. The van der Waals surface area contributed by atoms with Crippen molar-refractivity contribution >= 4 is 0 Å². The SMILES string of the molecule is COc1cc(OC)cc(C2c3ccccc3-c3ccccc32)c1. The minimum absolute atomic E-state index is 0.214. The third kappa shape index (κ3) is 2.18. The molecule has 0 saturated carbocycles. The molecule has 114 valence electrons. The quantitative estimate of drug-likeness (QED) is 0.538. The van der Waals surface area contributed by atoms with E-state index < -0.39 is 0 Å². The van der Waals surface area contributed by atoms with Gasteiger partial charge in [0.15, 0.2) is 0 Å². The zero-order valence-electron chi connectivity index (χ0n) is 13.2. The Kier molecular flexibility index (Phi) is 3.30. The van der Waals surface area contributed by atoms with Crippen LogP contribution in [0.15, 0.2) is 66.7 Å². The maximum Gasteiger partial charge on any atom is 0.122 e. The van der Waals surface area contributed by atoms with Crippen LogP contribution in [0.2, 0.25) is 0 Å². The predicted molar refractivity (Wildman–Crippen MR) is 92.4 cm³/mol. The number of hydrogen-bond donors (Lipinski definition) is 0. The zero-order chi connectivity index (χ0) is 15.8. The van der Waals surface area contributed by atoms with Crippen LogP contribution in [0.1, 0.15) is 22.6 Å². The van der Waals surface area contributed by atoms with Crippen LogP contribution in [0, 0.1) is 0 Å². The molecule has 0 amide bonds. The molecule has 2 heteroatoms. The van der Waals surface area contributed by atoms with E-state index in [9.17, 15) is 0 Å². The second-order valence-electron chi connectivity index (χ2n) is 5.75. The first-order chi connectivity index (χ1) is 11.3. The summed E-state index contributed by atoms with van der Waals surface area (Å²) in [5.41, 5.74) is 6.50. The Balaban J connectivity index is 1.96. The lowest BCUT2D eigenvalue weighted by Gasteiger charge is -2.16. The maximum atomic E-state index is 5.45. The van der Waals surface area contributed by atoms with Crippen LogP contribution >= 0.6 is 0 Å². The molecule has 0 saturated heterocycles. The van der Waals surface area contributed by atoms with Crippen LogP contribution in [0.3, 0.4) is 0 Å². The fourth-order valence-corrected chi connectivity index (χ4v) is 3.51. The van der Waals surface area contributed by atoms with Gasteiger partial charge in [-0.15, -0.1) is 0 Å². The molecule has 0 spiro atoms. The van der Waals surface area contributed by atoms with E-state index >= 15 is 0 Å². The number of ether oxygens (including phenoxy) is 2. The van der Waals surface area contributed by atoms with Gasteiger partial charge in [0.2, 0.25) is 0 Å². The smallest absolute Gasteiger partial charge is 0.122 e. The first kappa shape index (κ1) is 13.9. The van der Waals surface area contributed by atoms with E-state index in [4.69, 9.17) is 9.47 Å². The van der Waals surface area contributed by atoms with Gasteiger partial charge in [0.1, 0.15) is 11.5 Å². The van der Waals surface area contributed by atoms with Crippen LogP contribution in [-0.2, 0) is 0 Å². The molecule has 3 aromatic rings. The van der Waals surface area contributed by atoms with E-state index in [0.29, 0.717) is 0 Å². The average Bonchev–Trinajstić information content (AvgIpc) is 2.96. The molecule has 0 aromatic heterocycles. The molecule has 0 fully saturated rings. The average molecular weight is 302 g/mol. The molecule has 1 aliphatic carbocycles. The molecule has 0 aliphatic heterocycles. The first-order valence-electron chi connectivity index (χ1n) is 7.73. The predicted octanol–water partition coefficient (Wildman–Crippen LogP) is 4.86. The molecule has 0 bridgehead atoms. The lowest BCUT2D eigenvalue weighted by molar-refractivity contribution is 0.393. The summed E-state index contributed by atoms with van der Waals surface area (Å²) in [6, 6.07) is 23.4. The van der Waals surface area contributed by atoms with E-state index in [2.05, 4.69) is 60.7 Å². The summed E-state index contributed by atoms with van der Waals surface area (Å²) in [6.07, 6.45) is 0. The van der Waals surface area contributed by atoms with E-state index in [1.54, 1.807) is 14.2 Å². The van der Waals surface area contributed by atoms with Crippen LogP contribution in [0.25, 0.3) is 11.1 Å². The van der Waals surface area contributed by atoms with Crippen molar-refractivity contribution in [3.05, 3.63) is 83.4 Å². The molecule has 0 unspecified atom stereocenters. The van der Waals surface area contributed by atoms with Crippen LogP contribution < -0.4 is 9.47 Å². The Morgan fingerprint density at radius 2 is 1.13 bits per heavy atom. The Morgan fingerprint density at radius 1 is 0.652 bits per heavy atom. The lowest BCUT2D eigenvalue weighted by atomic mass is 9.89. The van der Waals surface area contributed by atoms with Gasteiger partial charge in [-0.25, -0.2) is 0 Å². The highest BCUT2D eigenvalue weighted by Crippen LogP contribution is 2.48. The van der Waals surface area contributed by atoms with Crippen molar-refractivity contribution in [2.45, 2.75) is 5.92 Å². The van der Waals surface area contributed by atoms with Crippen molar-refractivity contribution in [2.24, 2.45) is 0 Å². The summed E-state index contributed by atoms with van der Waals surface area (Å²) in [5.74, 6) is 1.86. The lowest BCUT2D eigenvalue weighted by Crippen LogP contribution is -2.00. The summed E-state index contributed by atoms with van der Waals surface area (Å²) in [4.78, 5) is 0. The molecular formula is C21H18O2. The van der Waals surface area contributed by atoms with Gasteiger partial charge >= 0.3 is 0 Å². The molecule has 0 atom stereocenters. The molecule has 1 aliphatic rings. The molecule has 23 heavy (non-hydrogen) atoms. The van der Waals surface area contributed by atoms with Crippen molar-refractivity contribution in [3.8, 4) is 22.6 Å². The van der Waals surface area contributed by atoms with Crippen LogP contribution in [0.5, 0.6) is 11.5 Å². The monoisotopic (exact) mass is 302 g/mol. The van der Waals surface area contributed by atoms with Gasteiger partial charge in [-0.05, 0) is 39.9 Å². The molecular weight excluding hydrogens is 284 g/mol. The highest BCUT2D eigenvalue weighted by molar-refractivity contribution is 5.80. The van der Waals surface area contributed by atoms with Crippen molar-refractivity contribution in [2.75, 3.05) is 14.2 Å². The zero-order valence-corrected chi connectivity index (χ0v) is 13.2. The van der Waals surface area contributed by atoms with Gasteiger partial charge in [0.05, 0.1) is 14.2 Å². The Morgan fingerprint density at radius 3 is 1.61 bits per heavy atom. The van der Waals surface area contributed by atoms with Gasteiger partial charge < -0.3 is 9.47 Å². The highest BCUT2D eigenvalue weighted by atomic mass is 16.5. The largest absolute Gasteiger partial charge is 0.497 e. The van der Waals surface area contributed by atoms with E-state index in [1.165, 1.54) is 27.8 Å². The number of methoxy groups -OCH3 is 2. The third-order valence-corrected chi connectivity index (χ3v) is 4.54. The van der Waals surface area contributed by atoms with Gasteiger partial charge in [-0.3, -0.25) is 0 Å². The van der Waals surface area contributed by atoms with E-state index in [1.807, 2.05) is 6.07 Å². The Hall–Kier alpha value is -2.74. The van der Waals surface area contributed by atoms with Crippen molar-refractivity contribution in [1.29, 1.82) is 0 Å². The van der Waals surface area contributed by atoms with E-state index in [-0.39, 0.29) is 5.92 Å². The normalized spacial score (nSPS) is 12.6. The van der Waals surface area contributed by atoms with E-state index in [0.717, 1.165) is 11.5 Å². The highest BCUT2D eigenvalue weighted by Gasteiger charge is 2.29. The van der Waals surface area contributed by atoms with Gasteiger partial charge in [0, 0.05) is 12.0 Å². The standard InChI is InChI=1S/C21H18O2/c1-22-15-11-14(12-16(13-15)23-2)21-19-9-5-3-7-17(19)18-8-4-6-10-20(18)21/h3-13,21H,1-2H3. The van der Waals surface area contributed by atoms with Crippen molar-refractivity contribution < 1.29 is 9.47 Å². The van der Waals surface area contributed by atoms with Crippen molar-refractivity contribution in [1.82, 2.24) is 0 Å². The molecule has 0 radical (unpaired) electrons. The number of benzene rings is 3. The molecule has 2 nitrogen and oxygen atoms in total. The summed E-state index contributed by atoms with van der Waals surface area (Å²) in [6.45, 7) is 0. The Bertz CT molecular complexity index is 799. The van der Waals surface area contributed by atoms with Crippen molar-refractivity contribution in [3.63, 3.8) is 0 Å². The minimum Gasteiger partial charge on any atom is -0.497 e.